The van der Waals surface area contributed by atoms with E-state index in [1.165, 1.54) is 12.7 Å². The van der Waals surface area contributed by atoms with Gasteiger partial charge in [-0.25, -0.2) is 0 Å². The molecule has 3 nitrogen and oxygen atoms in total. The minimum Gasteiger partial charge on any atom is -0.468 e. The van der Waals surface area contributed by atoms with Crippen LogP contribution in [0.15, 0.2) is 30.3 Å². The third kappa shape index (κ3) is 5.25. The second kappa shape index (κ2) is 7.56. The van der Waals surface area contributed by atoms with Crippen LogP contribution in [0.2, 0.25) is 0 Å². The Kier molecular flexibility index (Phi) is 6.38. The van der Waals surface area contributed by atoms with Crippen molar-refractivity contribution in [3.05, 3.63) is 35.9 Å². The fourth-order valence-electron chi connectivity index (χ4n) is 1.97. The van der Waals surface area contributed by atoms with Gasteiger partial charge in [-0.2, -0.15) is 11.8 Å². The summed E-state index contributed by atoms with van der Waals surface area (Å²) in [6.45, 7) is 5.96. The van der Waals surface area contributed by atoms with E-state index in [1.54, 1.807) is 11.8 Å². The molecule has 0 heterocycles. The Labute approximate surface area is 120 Å². The van der Waals surface area contributed by atoms with Crippen LogP contribution in [0.4, 0.5) is 0 Å². The first-order chi connectivity index (χ1) is 8.98. The van der Waals surface area contributed by atoms with E-state index in [-0.39, 0.29) is 12.0 Å². The number of benzene rings is 1. The van der Waals surface area contributed by atoms with Crippen LogP contribution in [0, 0.1) is 0 Å². The molecule has 0 aliphatic heterocycles. The van der Waals surface area contributed by atoms with Crippen molar-refractivity contribution in [1.29, 1.82) is 0 Å². The molecule has 0 aliphatic rings. The molecule has 0 amide bonds. The summed E-state index contributed by atoms with van der Waals surface area (Å²) >= 11 is 1.74. The van der Waals surface area contributed by atoms with E-state index in [0.29, 0.717) is 5.75 Å². The lowest BCUT2D eigenvalue weighted by Crippen LogP contribution is -2.54. The lowest BCUT2D eigenvalue weighted by atomic mass is 10.0. The zero-order valence-corrected chi connectivity index (χ0v) is 12.9. The average Bonchev–Trinajstić information content (AvgIpc) is 2.38. The number of esters is 1. The van der Waals surface area contributed by atoms with Gasteiger partial charge in [0.1, 0.15) is 5.54 Å². The molecule has 1 aromatic carbocycles. The van der Waals surface area contributed by atoms with E-state index in [4.69, 9.17) is 4.74 Å². The van der Waals surface area contributed by atoms with Crippen molar-refractivity contribution < 1.29 is 9.53 Å². The van der Waals surface area contributed by atoms with Gasteiger partial charge in [-0.1, -0.05) is 30.3 Å². The Balaban J connectivity index is 2.56. The Bertz CT molecular complexity index is 394. The van der Waals surface area contributed by atoms with Crippen LogP contribution in [0.3, 0.4) is 0 Å². The molecule has 1 aromatic rings. The summed E-state index contributed by atoms with van der Waals surface area (Å²) in [5.41, 5.74) is 0.631. The van der Waals surface area contributed by atoms with Crippen molar-refractivity contribution in [3.63, 3.8) is 0 Å². The van der Waals surface area contributed by atoms with E-state index in [1.807, 2.05) is 39.0 Å². The van der Waals surface area contributed by atoms with E-state index in [2.05, 4.69) is 17.4 Å². The SMILES string of the molecule is COC(=O)C(C)(CSCc1ccccc1)NC(C)C. The number of rotatable bonds is 7. The maximum atomic E-state index is 11.9. The van der Waals surface area contributed by atoms with Gasteiger partial charge in [0.15, 0.2) is 0 Å². The lowest BCUT2D eigenvalue weighted by molar-refractivity contribution is -0.147. The molecule has 1 N–H and O–H groups in total. The lowest BCUT2D eigenvalue weighted by Gasteiger charge is -2.29. The summed E-state index contributed by atoms with van der Waals surface area (Å²) in [6.07, 6.45) is 0. The van der Waals surface area contributed by atoms with E-state index >= 15 is 0 Å². The van der Waals surface area contributed by atoms with Gasteiger partial charge in [-0.05, 0) is 26.3 Å². The number of hydrogen-bond donors (Lipinski definition) is 1. The molecule has 4 heteroatoms. The maximum Gasteiger partial charge on any atom is 0.326 e. The minimum atomic E-state index is -0.637. The number of carbonyl (C=O) groups excluding carboxylic acids is 1. The standard InChI is InChI=1S/C15H23NO2S/c1-12(2)16-15(3,14(17)18-4)11-19-10-13-8-6-5-7-9-13/h5-9,12,16H,10-11H2,1-4H3. The van der Waals surface area contributed by atoms with Gasteiger partial charge in [0.25, 0.3) is 0 Å². The van der Waals surface area contributed by atoms with E-state index < -0.39 is 5.54 Å². The molecule has 0 saturated heterocycles. The molecule has 0 saturated carbocycles. The normalized spacial score (nSPS) is 14.2. The van der Waals surface area contributed by atoms with Crippen LogP contribution < -0.4 is 5.32 Å². The van der Waals surface area contributed by atoms with E-state index in [0.717, 1.165) is 5.75 Å². The molecular weight excluding hydrogens is 258 g/mol. The molecule has 0 aromatic heterocycles. The van der Waals surface area contributed by atoms with Gasteiger partial charge >= 0.3 is 5.97 Å². The van der Waals surface area contributed by atoms with Crippen molar-refractivity contribution in [1.82, 2.24) is 5.32 Å². The van der Waals surface area contributed by atoms with Crippen molar-refractivity contribution in [3.8, 4) is 0 Å². The zero-order chi connectivity index (χ0) is 14.3. The predicted octanol–water partition coefficient (Wildman–Crippen LogP) is 2.85. The fraction of sp³-hybridized carbons (Fsp3) is 0.533. The van der Waals surface area contributed by atoms with Gasteiger partial charge in [0.05, 0.1) is 7.11 Å². The van der Waals surface area contributed by atoms with Gasteiger partial charge in [-0.3, -0.25) is 10.1 Å². The van der Waals surface area contributed by atoms with Crippen molar-refractivity contribution in [2.24, 2.45) is 0 Å². The number of carbonyl (C=O) groups is 1. The summed E-state index contributed by atoms with van der Waals surface area (Å²) < 4.78 is 4.90. The smallest absolute Gasteiger partial charge is 0.326 e. The molecule has 0 spiro atoms. The van der Waals surface area contributed by atoms with Crippen LogP contribution in [0.1, 0.15) is 26.3 Å². The van der Waals surface area contributed by atoms with Crippen LogP contribution in [0.25, 0.3) is 0 Å². The van der Waals surface area contributed by atoms with Crippen molar-refractivity contribution in [2.75, 3.05) is 12.9 Å². The molecule has 0 radical (unpaired) electrons. The summed E-state index contributed by atoms with van der Waals surface area (Å²) in [7, 11) is 1.43. The zero-order valence-electron chi connectivity index (χ0n) is 12.1. The van der Waals surface area contributed by atoms with Crippen LogP contribution in [-0.2, 0) is 15.3 Å². The monoisotopic (exact) mass is 281 g/mol. The highest BCUT2D eigenvalue weighted by Crippen LogP contribution is 2.20. The number of ether oxygens (including phenoxy) is 1. The Morgan fingerprint density at radius 2 is 2.00 bits per heavy atom. The molecule has 1 rings (SSSR count). The second-order valence-electron chi connectivity index (χ2n) is 5.10. The van der Waals surface area contributed by atoms with Crippen molar-refractivity contribution in [2.45, 2.75) is 38.1 Å². The molecule has 0 aliphatic carbocycles. The number of nitrogens with one attached hydrogen (secondary N) is 1. The Hall–Kier alpha value is -1.00. The molecule has 1 atom stereocenters. The highest BCUT2D eigenvalue weighted by atomic mass is 32.2. The first-order valence-electron chi connectivity index (χ1n) is 6.46. The van der Waals surface area contributed by atoms with Crippen molar-refractivity contribution >= 4 is 17.7 Å². The van der Waals surface area contributed by atoms with Crippen LogP contribution in [0.5, 0.6) is 0 Å². The Morgan fingerprint density at radius 3 is 2.53 bits per heavy atom. The Morgan fingerprint density at radius 1 is 1.37 bits per heavy atom. The minimum absolute atomic E-state index is 0.207. The molecular formula is C15H23NO2S. The second-order valence-corrected chi connectivity index (χ2v) is 6.09. The maximum absolute atomic E-state index is 11.9. The largest absolute Gasteiger partial charge is 0.468 e. The van der Waals surface area contributed by atoms with Gasteiger partial charge in [-0.15, -0.1) is 0 Å². The van der Waals surface area contributed by atoms with Gasteiger partial charge < -0.3 is 4.74 Å². The van der Waals surface area contributed by atoms with E-state index in [9.17, 15) is 4.79 Å². The molecule has 0 bridgehead atoms. The quantitative estimate of drug-likeness (QED) is 0.780. The summed E-state index contributed by atoms with van der Waals surface area (Å²) in [4.78, 5) is 11.9. The van der Waals surface area contributed by atoms with Gasteiger partial charge in [0, 0.05) is 17.5 Å². The number of hydrogen-bond acceptors (Lipinski definition) is 4. The molecule has 0 fully saturated rings. The molecule has 1 unspecified atom stereocenters. The summed E-state index contributed by atoms with van der Waals surface area (Å²) in [6, 6.07) is 10.5. The number of methoxy groups -OCH3 is 1. The summed E-state index contributed by atoms with van der Waals surface area (Å²) in [5, 5.41) is 3.30. The topological polar surface area (TPSA) is 38.3 Å². The van der Waals surface area contributed by atoms with Gasteiger partial charge in [0.2, 0.25) is 0 Å². The first kappa shape index (κ1) is 16.1. The van der Waals surface area contributed by atoms with Crippen LogP contribution in [-0.4, -0.2) is 30.4 Å². The molecule has 19 heavy (non-hydrogen) atoms. The van der Waals surface area contributed by atoms with Crippen LogP contribution >= 0.6 is 11.8 Å². The first-order valence-corrected chi connectivity index (χ1v) is 7.61. The third-order valence-corrected chi connectivity index (χ3v) is 4.06. The fourth-order valence-corrected chi connectivity index (χ4v) is 3.11. The predicted molar refractivity (Wildman–Crippen MR) is 81.3 cm³/mol. The number of thioether (sulfide) groups is 1. The average molecular weight is 281 g/mol. The highest BCUT2D eigenvalue weighted by molar-refractivity contribution is 7.98. The highest BCUT2D eigenvalue weighted by Gasteiger charge is 2.34. The summed E-state index contributed by atoms with van der Waals surface area (Å²) in [5.74, 6) is 1.38. The molecule has 106 valence electrons. The third-order valence-electron chi connectivity index (χ3n) is 2.75.